The molecule has 1 aliphatic heterocycles. The van der Waals surface area contributed by atoms with E-state index in [0.717, 1.165) is 43.6 Å². The van der Waals surface area contributed by atoms with Gasteiger partial charge < -0.3 is 14.2 Å². The molecule has 1 fully saturated rings. The highest BCUT2D eigenvalue weighted by molar-refractivity contribution is 5.79. The molecule has 2 aromatic rings. The molecule has 1 saturated heterocycles. The molecule has 0 saturated carbocycles. The molecular formula is C16H21N3O2. The van der Waals surface area contributed by atoms with E-state index in [-0.39, 0.29) is 11.8 Å². The molecular weight excluding hydrogens is 266 g/mol. The minimum absolute atomic E-state index is 0.135. The number of aromatic nitrogens is 1. The van der Waals surface area contributed by atoms with Gasteiger partial charge >= 0.3 is 0 Å². The van der Waals surface area contributed by atoms with Gasteiger partial charge in [0.25, 0.3) is 6.01 Å². The standard InChI is InChI=1S/C16H21N3O2/c1-3-18(2)15(20)12-8-10-19(11-9-12)16-17-13-6-4-5-7-14(13)21-16/h4-7,12H,3,8-11H2,1-2H3. The minimum atomic E-state index is 0.135. The molecule has 0 aliphatic carbocycles. The summed E-state index contributed by atoms with van der Waals surface area (Å²) in [4.78, 5) is 20.6. The van der Waals surface area contributed by atoms with Crippen LogP contribution in [0.15, 0.2) is 28.7 Å². The molecule has 0 radical (unpaired) electrons. The molecule has 3 rings (SSSR count). The molecule has 1 aromatic heterocycles. The van der Waals surface area contributed by atoms with E-state index in [0.29, 0.717) is 6.01 Å². The highest BCUT2D eigenvalue weighted by Gasteiger charge is 2.28. The third-order valence-electron chi connectivity index (χ3n) is 4.25. The third kappa shape index (κ3) is 2.73. The molecule has 1 aliphatic rings. The summed E-state index contributed by atoms with van der Waals surface area (Å²) in [5.41, 5.74) is 1.70. The van der Waals surface area contributed by atoms with E-state index in [1.165, 1.54) is 0 Å². The van der Waals surface area contributed by atoms with Crippen molar-refractivity contribution in [2.24, 2.45) is 5.92 Å². The molecule has 5 nitrogen and oxygen atoms in total. The second-order valence-corrected chi connectivity index (χ2v) is 5.58. The first-order valence-electron chi connectivity index (χ1n) is 7.54. The normalized spacial score (nSPS) is 16.4. The van der Waals surface area contributed by atoms with E-state index in [1.54, 1.807) is 4.90 Å². The number of oxazole rings is 1. The van der Waals surface area contributed by atoms with Gasteiger partial charge in [-0.25, -0.2) is 0 Å². The van der Waals surface area contributed by atoms with Gasteiger partial charge in [0.1, 0.15) is 5.52 Å². The number of benzene rings is 1. The number of amides is 1. The maximum absolute atomic E-state index is 12.2. The van der Waals surface area contributed by atoms with Gasteiger partial charge in [0.15, 0.2) is 5.58 Å². The van der Waals surface area contributed by atoms with Crippen LogP contribution in [-0.4, -0.2) is 42.5 Å². The SMILES string of the molecule is CCN(C)C(=O)C1CCN(c2nc3ccccc3o2)CC1. The zero-order valence-electron chi connectivity index (χ0n) is 12.6. The van der Waals surface area contributed by atoms with E-state index >= 15 is 0 Å². The third-order valence-corrected chi connectivity index (χ3v) is 4.25. The van der Waals surface area contributed by atoms with Crippen LogP contribution in [0.4, 0.5) is 6.01 Å². The lowest BCUT2D eigenvalue weighted by Crippen LogP contribution is -2.41. The van der Waals surface area contributed by atoms with Gasteiger partial charge in [-0.2, -0.15) is 4.98 Å². The Labute approximate surface area is 124 Å². The van der Waals surface area contributed by atoms with Crippen LogP contribution in [-0.2, 0) is 4.79 Å². The van der Waals surface area contributed by atoms with E-state index < -0.39 is 0 Å². The van der Waals surface area contributed by atoms with Crippen molar-refractivity contribution in [3.05, 3.63) is 24.3 Å². The molecule has 0 N–H and O–H groups in total. The van der Waals surface area contributed by atoms with Gasteiger partial charge in [-0.3, -0.25) is 4.79 Å². The molecule has 1 aromatic carbocycles. The van der Waals surface area contributed by atoms with Crippen molar-refractivity contribution >= 4 is 23.0 Å². The van der Waals surface area contributed by atoms with Gasteiger partial charge in [-0.05, 0) is 31.9 Å². The molecule has 0 bridgehead atoms. The molecule has 1 amide bonds. The van der Waals surface area contributed by atoms with Crippen molar-refractivity contribution < 1.29 is 9.21 Å². The first kappa shape index (κ1) is 13.9. The maximum Gasteiger partial charge on any atom is 0.298 e. The van der Waals surface area contributed by atoms with Crippen molar-refractivity contribution in [1.29, 1.82) is 0 Å². The average molecular weight is 287 g/mol. The highest BCUT2D eigenvalue weighted by atomic mass is 16.4. The van der Waals surface area contributed by atoms with Crippen LogP contribution in [0, 0.1) is 5.92 Å². The predicted molar refractivity (Wildman–Crippen MR) is 82.3 cm³/mol. The van der Waals surface area contributed by atoms with Crippen LogP contribution in [0.25, 0.3) is 11.1 Å². The first-order chi connectivity index (χ1) is 10.2. The summed E-state index contributed by atoms with van der Waals surface area (Å²) in [6.07, 6.45) is 1.73. The van der Waals surface area contributed by atoms with Crippen LogP contribution in [0.2, 0.25) is 0 Å². The molecule has 5 heteroatoms. The lowest BCUT2D eigenvalue weighted by atomic mass is 9.95. The molecule has 0 atom stereocenters. The number of fused-ring (bicyclic) bond motifs is 1. The Bertz CT molecular complexity index is 596. The summed E-state index contributed by atoms with van der Waals surface area (Å²) in [6.45, 7) is 4.41. The minimum Gasteiger partial charge on any atom is -0.423 e. The summed E-state index contributed by atoms with van der Waals surface area (Å²) < 4.78 is 5.79. The quantitative estimate of drug-likeness (QED) is 0.870. The molecule has 0 unspecified atom stereocenters. The topological polar surface area (TPSA) is 49.6 Å². The number of nitrogens with zero attached hydrogens (tertiary/aromatic N) is 3. The van der Waals surface area contributed by atoms with E-state index in [4.69, 9.17) is 4.42 Å². The van der Waals surface area contributed by atoms with Gasteiger partial charge in [0.2, 0.25) is 5.91 Å². The monoisotopic (exact) mass is 287 g/mol. The van der Waals surface area contributed by atoms with Crippen molar-refractivity contribution in [3.63, 3.8) is 0 Å². The van der Waals surface area contributed by atoms with Gasteiger partial charge in [-0.15, -0.1) is 0 Å². The van der Waals surface area contributed by atoms with Crippen LogP contribution >= 0.6 is 0 Å². The Morgan fingerprint density at radius 2 is 2.10 bits per heavy atom. The second kappa shape index (κ2) is 5.76. The van der Waals surface area contributed by atoms with Crippen LogP contribution in [0.5, 0.6) is 0 Å². The van der Waals surface area contributed by atoms with Gasteiger partial charge in [0.05, 0.1) is 0 Å². The number of rotatable bonds is 3. The number of hydrogen-bond donors (Lipinski definition) is 0. The number of carbonyl (C=O) groups excluding carboxylic acids is 1. The number of anilines is 1. The Hall–Kier alpha value is -2.04. The largest absolute Gasteiger partial charge is 0.423 e. The fourth-order valence-corrected chi connectivity index (χ4v) is 2.78. The Morgan fingerprint density at radius 1 is 1.38 bits per heavy atom. The fraction of sp³-hybridized carbons (Fsp3) is 0.500. The van der Waals surface area contributed by atoms with Gasteiger partial charge in [0, 0.05) is 32.6 Å². The molecule has 112 valence electrons. The van der Waals surface area contributed by atoms with E-state index in [1.807, 2.05) is 38.2 Å². The van der Waals surface area contributed by atoms with Crippen molar-refractivity contribution in [2.45, 2.75) is 19.8 Å². The van der Waals surface area contributed by atoms with Gasteiger partial charge in [-0.1, -0.05) is 12.1 Å². The molecule has 21 heavy (non-hydrogen) atoms. The average Bonchev–Trinajstić information content (AvgIpc) is 2.97. The summed E-state index contributed by atoms with van der Waals surface area (Å²) >= 11 is 0. The molecule has 0 spiro atoms. The second-order valence-electron chi connectivity index (χ2n) is 5.58. The Balaban J connectivity index is 1.67. The number of hydrogen-bond acceptors (Lipinski definition) is 4. The van der Waals surface area contributed by atoms with Crippen LogP contribution in [0.3, 0.4) is 0 Å². The lowest BCUT2D eigenvalue weighted by molar-refractivity contribution is -0.134. The molecule has 2 heterocycles. The lowest BCUT2D eigenvalue weighted by Gasteiger charge is -2.32. The Morgan fingerprint density at radius 3 is 2.76 bits per heavy atom. The van der Waals surface area contributed by atoms with E-state index in [2.05, 4.69) is 9.88 Å². The zero-order valence-corrected chi connectivity index (χ0v) is 12.6. The fourth-order valence-electron chi connectivity index (χ4n) is 2.78. The summed E-state index contributed by atoms with van der Waals surface area (Å²) in [5.74, 6) is 0.394. The van der Waals surface area contributed by atoms with E-state index in [9.17, 15) is 4.79 Å². The number of para-hydroxylation sites is 2. The highest BCUT2D eigenvalue weighted by Crippen LogP contribution is 2.26. The smallest absolute Gasteiger partial charge is 0.298 e. The maximum atomic E-state index is 12.2. The van der Waals surface area contributed by atoms with Crippen LogP contribution in [0.1, 0.15) is 19.8 Å². The summed E-state index contributed by atoms with van der Waals surface area (Å²) in [7, 11) is 1.87. The van der Waals surface area contributed by atoms with Crippen molar-refractivity contribution in [3.8, 4) is 0 Å². The zero-order chi connectivity index (χ0) is 14.8. The van der Waals surface area contributed by atoms with Crippen molar-refractivity contribution in [1.82, 2.24) is 9.88 Å². The van der Waals surface area contributed by atoms with Crippen LogP contribution < -0.4 is 4.90 Å². The number of carbonyl (C=O) groups is 1. The Kier molecular flexibility index (Phi) is 3.82. The summed E-state index contributed by atoms with van der Waals surface area (Å²) in [6, 6.07) is 8.46. The number of piperidine rings is 1. The first-order valence-corrected chi connectivity index (χ1v) is 7.54. The van der Waals surface area contributed by atoms with Crippen molar-refractivity contribution in [2.75, 3.05) is 31.6 Å². The summed E-state index contributed by atoms with van der Waals surface area (Å²) in [5, 5.41) is 0. The predicted octanol–water partition coefficient (Wildman–Crippen LogP) is 2.52.